The molecule has 0 aromatic heterocycles. The van der Waals surface area contributed by atoms with Crippen LogP contribution in [0.5, 0.6) is 0 Å². The fourth-order valence-electron chi connectivity index (χ4n) is 4.88. The summed E-state index contributed by atoms with van der Waals surface area (Å²) in [6, 6.07) is 2.59. The molecule has 3 rings (SSSR count). The molecule has 3 aliphatic rings. The lowest BCUT2D eigenvalue weighted by Crippen LogP contribution is -2.52. The van der Waals surface area contributed by atoms with Crippen LogP contribution in [0.1, 0.15) is 71.1 Å². The molecule has 4 atom stereocenters. The summed E-state index contributed by atoms with van der Waals surface area (Å²) in [6.07, 6.45) is 11.1. The molecule has 0 radical (unpaired) electrons. The Bertz CT molecular complexity index is 383. The topological polar surface area (TPSA) is 44.0 Å². The van der Waals surface area contributed by atoms with Gasteiger partial charge in [0.05, 0.1) is 17.1 Å². The van der Waals surface area contributed by atoms with Crippen molar-refractivity contribution in [3.8, 4) is 6.07 Å². The molecule has 0 bridgehead atoms. The molecule has 0 amide bonds. The van der Waals surface area contributed by atoms with Crippen LogP contribution in [-0.4, -0.2) is 10.7 Å². The minimum Gasteiger partial charge on any atom is -0.388 e. The Kier molecular flexibility index (Phi) is 3.38. The van der Waals surface area contributed by atoms with Crippen molar-refractivity contribution in [2.24, 2.45) is 23.2 Å². The first-order valence-corrected chi connectivity index (χ1v) is 8.22. The molecule has 4 unspecified atom stereocenters. The van der Waals surface area contributed by atoms with Gasteiger partial charge in [-0.05, 0) is 62.7 Å². The zero-order chi connectivity index (χ0) is 13.5. The van der Waals surface area contributed by atoms with Crippen molar-refractivity contribution in [2.45, 2.75) is 76.7 Å². The lowest BCUT2D eigenvalue weighted by atomic mass is 9.56. The third-order valence-corrected chi connectivity index (χ3v) is 6.16. The Labute approximate surface area is 117 Å². The van der Waals surface area contributed by atoms with E-state index in [1.165, 1.54) is 25.7 Å². The maximum absolute atomic E-state index is 11.3. The summed E-state index contributed by atoms with van der Waals surface area (Å²) in [5.74, 6) is 2.16. The van der Waals surface area contributed by atoms with E-state index in [0.29, 0.717) is 11.8 Å². The summed E-state index contributed by atoms with van der Waals surface area (Å²) in [5.41, 5.74) is -1.14. The number of aliphatic hydroxyl groups is 1. The summed E-state index contributed by atoms with van der Waals surface area (Å²) in [6.45, 7) is 2.25. The highest BCUT2D eigenvalue weighted by molar-refractivity contribution is 5.15. The molecule has 3 saturated carbocycles. The summed E-state index contributed by atoms with van der Waals surface area (Å²) in [5, 5.41) is 21.1. The summed E-state index contributed by atoms with van der Waals surface area (Å²) < 4.78 is 0. The Hall–Kier alpha value is -0.550. The molecule has 0 saturated heterocycles. The van der Waals surface area contributed by atoms with E-state index in [0.717, 1.165) is 44.4 Å². The molecule has 2 heteroatoms. The molecule has 3 aliphatic carbocycles. The second-order valence-corrected chi connectivity index (χ2v) is 7.62. The predicted octanol–water partition coefficient (Wildman–Crippen LogP) is 4.04. The van der Waals surface area contributed by atoms with E-state index in [9.17, 15) is 10.4 Å². The third kappa shape index (κ3) is 2.31. The van der Waals surface area contributed by atoms with E-state index in [1.54, 1.807) is 0 Å². The van der Waals surface area contributed by atoms with Crippen LogP contribution in [0.15, 0.2) is 0 Å². The highest BCUT2D eigenvalue weighted by atomic mass is 16.3. The third-order valence-electron chi connectivity index (χ3n) is 6.16. The van der Waals surface area contributed by atoms with Gasteiger partial charge in [-0.2, -0.15) is 5.26 Å². The minimum atomic E-state index is -0.693. The largest absolute Gasteiger partial charge is 0.388 e. The van der Waals surface area contributed by atoms with Gasteiger partial charge in [-0.1, -0.05) is 26.2 Å². The van der Waals surface area contributed by atoms with E-state index in [4.69, 9.17) is 0 Å². The molecule has 0 aromatic rings. The highest BCUT2D eigenvalue weighted by Crippen LogP contribution is 2.56. The maximum atomic E-state index is 11.3. The van der Waals surface area contributed by atoms with Gasteiger partial charge in [0.1, 0.15) is 0 Å². The van der Waals surface area contributed by atoms with Gasteiger partial charge in [0.15, 0.2) is 0 Å². The minimum absolute atomic E-state index is 0.446. The van der Waals surface area contributed by atoms with E-state index in [1.807, 2.05) is 0 Å². The van der Waals surface area contributed by atoms with Crippen molar-refractivity contribution < 1.29 is 5.11 Å². The van der Waals surface area contributed by atoms with Crippen LogP contribution < -0.4 is 0 Å². The SMILES string of the molecule is CC1CCCC(C#N)(C2(O)CCCC(C3CC3)C2)C1. The Balaban J connectivity index is 1.82. The molecule has 0 spiro atoms. The van der Waals surface area contributed by atoms with Crippen molar-refractivity contribution in [2.75, 3.05) is 0 Å². The normalized spacial score (nSPS) is 47.6. The van der Waals surface area contributed by atoms with Crippen LogP contribution in [0.25, 0.3) is 0 Å². The Morgan fingerprint density at radius 1 is 1.00 bits per heavy atom. The van der Waals surface area contributed by atoms with Crippen LogP contribution in [0.4, 0.5) is 0 Å². The van der Waals surface area contributed by atoms with Crippen molar-refractivity contribution in [1.82, 2.24) is 0 Å². The Morgan fingerprint density at radius 3 is 2.37 bits per heavy atom. The monoisotopic (exact) mass is 261 g/mol. The smallest absolute Gasteiger partial charge is 0.0862 e. The number of nitrogens with zero attached hydrogens (tertiary/aromatic N) is 1. The van der Waals surface area contributed by atoms with E-state index >= 15 is 0 Å². The Morgan fingerprint density at radius 2 is 1.74 bits per heavy atom. The van der Waals surface area contributed by atoms with E-state index in [2.05, 4.69) is 13.0 Å². The summed E-state index contributed by atoms with van der Waals surface area (Å²) >= 11 is 0. The molecule has 3 fully saturated rings. The predicted molar refractivity (Wildman–Crippen MR) is 75.3 cm³/mol. The van der Waals surface area contributed by atoms with E-state index in [-0.39, 0.29) is 0 Å². The fourth-order valence-corrected chi connectivity index (χ4v) is 4.88. The average Bonchev–Trinajstić information content (AvgIpc) is 3.23. The molecule has 0 aliphatic heterocycles. The standard InChI is InChI=1S/C17H27NO/c1-13-4-2-8-16(10-13,12-18)17(19)9-3-5-15(11-17)14-6-7-14/h13-15,19H,2-11H2,1H3. The molecule has 0 aromatic carbocycles. The van der Waals surface area contributed by atoms with Gasteiger partial charge in [0, 0.05) is 0 Å². The first kappa shape index (κ1) is 13.4. The van der Waals surface area contributed by atoms with Crippen LogP contribution in [0.3, 0.4) is 0 Å². The second-order valence-electron chi connectivity index (χ2n) is 7.62. The summed E-state index contributed by atoms with van der Waals surface area (Å²) in [7, 11) is 0. The van der Waals surface area contributed by atoms with Crippen LogP contribution in [-0.2, 0) is 0 Å². The zero-order valence-electron chi connectivity index (χ0n) is 12.2. The zero-order valence-corrected chi connectivity index (χ0v) is 12.2. The van der Waals surface area contributed by atoms with Gasteiger partial charge in [-0.15, -0.1) is 0 Å². The van der Waals surface area contributed by atoms with Crippen LogP contribution in [0, 0.1) is 34.5 Å². The maximum Gasteiger partial charge on any atom is 0.0862 e. The van der Waals surface area contributed by atoms with Gasteiger partial charge in [-0.3, -0.25) is 0 Å². The summed E-state index contributed by atoms with van der Waals surface area (Å²) in [4.78, 5) is 0. The van der Waals surface area contributed by atoms with Gasteiger partial charge in [-0.25, -0.2) is 0 Å². The van der Waals surface area contributed by atoms with Crippen molar-refractivity contribution in [3.63, 3.8) is 0 Å². The van der Waals surface area contributed by atoms with Gasteiger partial charge < -0.3 is 5.11 Å². The second kappa shape index (κ2) is 4.77. The molecule has 1 N–H and O–H groups in total. The number of hydrogen-bond donors (Lipinski definition) is 1. The molecule has 0 heterocycles. The highest BCUT2D eigenvalue weighted by Gasteiger charge is 2.55. The number of hydrogen-bond acceptors (Lipinski definition) is 2. The number of nitriles is 1. The van der Waals surface area contributed by atoms with Crippen LogP contribution >= 0.6 is 0 Å². The first-order chi connectivity index (χ1) is 9.09. The lowest BCUT2D eigenvalue weighted by molar-refractivity contribution is -0.118. The van der Waals surface area contributed by atoms with Crippen molar-refractivity contribution >= 4 is 0 Å². The van der Waals surface area contributed by atoms with Crippen molar-refractivity contribution in [1.29, 1.82) is 5.26 Å². The molecular formula is C17H27NO. The lowest BCUT2D eigenvalue weighted by Gasteiger charge is -2.50. The average molecular weight is 261 g/mol. The first-order valence-electron chi connectivity index (χ1n) is 8.22. The van der Waals surface area contributed by atoms with Crippen LogP contribution in [0.2, 0.25) is 0 Å². The molecule has 19 heavy (non-hydrogen) atoms. The molecule has 2 nitrogen and oxygen atoms in total. The number of rotatable bonds is 2. The van der Waals surface area contributed by atoms with Gasteiger partial charge in [0.25, 0.3) is 0 Å². The molecular weight excluding hydrogens is 234 g/mol. The van der Waals surface area contributed by atoms with Crippen molar-refractivity contribution in [3.05, 3.63) is 0 Å². The molecule has 106 valence electrons. The van der Waals surface area contributed by atoms with Gasteiger partial charge in [0.2, 0.25) is 0 Å². The quantitative estimate of drug-likeness (QED) is 0.815. The fraction of sp³-hybridized carbons (Fsp3) is 0.941. The van der Waals surface area contributed by atoms with E-state index < -0.39 is 11.0 Å². The van der Waals surface area contributed by atoms with Gasteiger partial charge >= 0.3 is 0 Å².